The number of nitro benzene ring substituents is 1. The largest absolute Gasteiger partial charge is 0.376 e. The number of carbonyl (C=O) groups is 1. The highest BCUT2D eigenvalue weighted by molar-refractivity contribution is 6.32. The maximum absolute atomic E-state index is 13.1. The second-order valence-corrected chi connectivity index (χ2v) is 7.21. The van der Waals surface area contributed by atoms with Crippen LogP contribution in [0.5, 0.6) is 0 Å². The third-order valence-corrected chi connectivity index (χ3v) is 4.98. The van der Waals surface area contributed by atoms with Gasteiger partial charge in [-0.05, 0) is 42.7 Å². The Hall–Kier alpha value is -2.15. The number of hydrogen-bond acceptors (Lipinski definition) is 4. The van der Waals surface area contributed by atoms with E-state index in [4.69, 9.17) is 27.9 Å². The summed E-state index contributed by atoms with van der Waals surface area (Å²) in [5.74, 6) is -0.305. The van der Waals surface area contributed by atoms with Crippen molar-refractivity contribution in [3.05, 3.63) is 73.8 Å². The zero-order valence-corrected chi connectivity index (χ0v) is 15.9. The number of nitro groups is 1. The molecule has 1 saturated heterocycles. The molecular weight excluding hydrogens is 391 g/mol. The molecule has 1 amide bonds. The predicted molar refractivity (Wildman–Crippen MR) is 103 cm³/mol. The van der Waals surface area contributed by atoms with Crippen LogP contribution in [0.1, 0.15) is 28.8 Å². The molecule has 2 aromatic carbocycles. The Kier molecular flexibility index (Phi) is 6.31. The number of halogens is 2. The molecule has 0 aliphatic carbocycles. The van der Waals surface area contributed by atoms with Gasteiger partial charge in [-0.1, -0.05) is 35.3 Å². The molecule has 1 unspecified atom stereocenters. The first-order valence-corrected chi connectivity index (χ1v) is 9.29. The number of amides is 1. The fourth-order valence-corrected chi connectivity index (χ4v) is 3.34. The van der Waals surface area contributed by atoms with Gasteiger partial charge in [0.25, 0.3) is 11.6 Å². The molecule has 27 heavy (non-hydrogen) atoms. The second-order valence-electron chi connectivity index (χ2n) is 6.37. The molecule has 1 aliphatic rings. The van der Waals surface area contributed by atoms with E-state index in [9.17, 15) is 14.9 Å². The molecule has 3 rings (SSSR count). The summed E-state index contributed by atoms with van der Waals surface area (Å²) in [6, 6.07) is 11.3. The van der Waals surface area contributed by atoms with E-state index in [1.54, 1.807) is 17.0 Å². The predicted octanol–water partition coefficient (Wildman–Crippen LogP) is 4.72. The van der Waals surface area contributed by atoms with Crippen molar-refractivity contribution < 1.29 is 14.5 Å². The van der Waals surface area contributed by atoms with Gasteiger partial charge < -0.3 is 9.64 Å². The summed E-state index contributed by atoms with van der Waals surface area (Å²) in [4.78, 5) is 25.3. The third-order valence-electron chi connectivity index (χ3n) is 4.41. The van der Waals surface area contributed by atoms with Crippen molar-refractivity contribution in [1.82, 2.24) is 4.90 Å². The van der Waals surface area contributed by atoms with E-state index < -0.39 is 4.92 Å². The maximum atomic E-state index is 13.1. The van der Waals surface area contributed by atoms with Crippen LogP contribution < -0.4 is 0 Å². The van der Waals surface area contributed by atoms with Gasteiger partial charge in [0.1, 0.15) is 5.02 Å². The SMILES string of the molecule is O=C(c1ccc(Cl)c([N+](=O)[O-])c1)N(Cc1ccc(Cl)cc1)CC1CCCO1. The molecule has 1 heterocycles. The Bertz CT molecular complexity index is 836. The van der Waals surface area contributed by atoms with Gasteiger partial charge in [-0.2, -0.15) is 0 Å². The van der Waals surface area contributed by atoms with Gasteiger partial charge in [-0.15, -0.1) is 0 Å². The molecule has 142 valence electrons. The average molecular weight is 409 g/mol. The fraction of sp³-hybridized carbons (Fsp3) is 0.316. The molecule has 1 aliphatic heterocycles. The summed E-state index contributed by atoms with van der Waals surface area (Å²) >= 11 is 11.8. The van der Waals surface area contributed by atoms with Gasteiger partial charge in [-0.3, -0.25) is 14.9 Å². The van der Waals surface area contributed by atoms with E-state index in [1.165, 1.54) is 18.2 Å². The van der Waals surface area contributed by atoms with Crippen LogP contribution >= 0.6 is 23.2 Å². The quantitative estimate of drug-likeness (QED) is 0.511. The van der Waals surface area contributed by atoms with Crippen molar-refractivity contribution in [3.63, 3.8) is 0 Å². The zero-order chi connectivity index (χ0) is 19.4. The highest BCUT2D eigenvalue weighted by atomic mass is 35.5. The number of nitrogens with zero attached hydrogens (tertiary/aromatic N) is 2. The van der Waals surface area contributed by atoms with E-state index >= 15 is 0 Å². The van der Waals surface area contributed by atoms with Crippen LogP contribution in [0.25, 0.3) is 0 Å². The summed E-state index contributed by atoms with van der Waals surface area (Å²) in [6.45, 7) is 1.45. The second kappa shape index (κ2) is 8.69. The first-order valence-electron chi connectivity index (χ1n) is 8.53. The lowest BCUT2D eigenvalue weighted by Gasteiger charge is -2.26. The van der Waals surface area contributed by atoms with E-state index in [2.05, 4.69) is 0 Å². The van der Waals surface area contributed by atoms with Gasteiger partial charge in [0.2, 0.25) is 0 Å². The van der Waals surface area contributed by atoms with Gasteiger partial charge in [0.05, 0.1) is 11.0 Å². The molecule has 0 saturated carbocycles. The monoisotopic (exact) mass is 408 g/mol. The normalized spacial score (nSPS) is 16.3. The van der Waals surface area contributed by atoms with Crippen molar-refractivity contribution in [2.45, 2.75) is 25.5 Å². The minimum Gasteiger partial charge on any atom is -0.376 e. The Morgan fingerprint density at radius 1 is 1.22 bits per heavy atom. The summed E-state index contributed by atoms with van der Waals surface area (Å²) in [7, 11) is 0. The Balaban J connectivity index is 1.86. The molecule has 0 bridgehead atoms. The Morgan fingerprint density at radius 3 is 2.59 bits per heavy atom. The lowest BCUT2D eigenvalue weighted by Crippen LogP contribution is -2.37. The lowest BCUT2D eigenvalue weighted by atomic mass is 10.1. The number of benzene rings is 2. The van der Waals surface area contributed by atoms with Crippen molar-refractivity contribution in [2.75, 3.05) is 13.2 Å². The van der Waals surface area contributed by atoms with E-state index in [0.717, 1.165) is 18.4 Å². The van der Waals surface area contributed by atoms with E-state index in [-0.39, 0.29) is 28.3 Å². The Morgan fingerprint density at radius 2 is 1.96 bits per heavy atom. The number of rotatable bonds is 6. The van der Waals surface area contributed by atoms with Crippen LogP contribution in [-0.4, -0.2) is 35.0 Å². The van der Waals surface area contributed by atoms with E-state index in [0.29, 0.717) is 24.7 Å². The first-order chi connectivity index (χ1) is 12.9. The van der Waals surface area contributed by atoms with Crippen molar-refractivity contribution in [3.8, 4) is 0 Å². The van der Waals surface area contributed by atoms with Crippen molar-refractivity contribution in [1.29, 1.82) is 0 Å². The molecule has 1 atom stereocenters. The summed E-state index contributed by atoms with van der Waals surface area (Å²) < 4.78 is 5.66. The Labute approximate surface area is 166 Å². The lowest BCUT2D eigenvalue weighted by molar-refractivity contribution is -0.384. The summed E-state index contributed by atoms with van der Waals surface area (Å²) in [6.07, 6.45) is 1.80. The van der Waals surface area contributed by atoms with Crippen LogP contribution in [0.3, 0.4) is 0 Å². The number of ether oxygens (including phenoxy) is 1. The van der Waals surface area contributed by atoms with Gasteiger partial charge in [0.15, 0.2) is 0 Å². The van der Waals surface area contributed by atoms with E-state index in [1.807, 2.05) is 12.1 Å². The number of carbonyl (C=O) groups excluding carboxylic acids is 1. The van der Waals surface area contributed by atoms with Crippen molar-refractivity contribution in [2.24, 2.45) is 0 Å². The van der Waals surface area contributed by atoms with Crippen LogP contribution in [0.4, 0.5) is 5.69 Å². The molecule has 1 fully saturated rings. The molecule has 6 nitrogen and oxygen atoms in total. The fourth-order valence-electron chi connectivity index (χ4n) is 3.03. The molecule has 8 heteroatoms. The number of hydrogen-bond donors (Lipinski definition) is 0. The third kappa shape index (κ3) is 4.97. The summed E-state index contributed by atoms with van der Waals surface area (Å²) in [5, 5.41) is 11.7. The minimum absolute atomic E-state index is 0.0000671. The molecule has 2 aromatic rings. The van der Waals surface area contributed by atoms with Crippen molar-refractivity contribution >= 4 is 34.8 Å². The average Bonchev–Trinajstić information content (AvgIpc) is 3.15. The maximum Gasteiger partial charge on any atom is 0.288 e. The zero-order valence-electron chi connectivity index (χ0n) is 14.4. The highest BCUT2D eigenvalue weighted by Gasteiger charge is 2.25. The van der Waals surface area contributed by atoms with Crippen LogP contribution in [0.15, 0.2) is 42.5 Å². The molecule has 0 radical (unpaired) electrons. The first kappa shape index (κ1) is 19.6. The van der Waals surface area contributed by atoms with Crippen LogP contribution in [0, 0.1) is 10.1 Å². The minimum atomic E-state index is -0.595. The van der Waals surface area contributed by atoms with Crippen LogP contribution in [-0.2, 0) is 11.3 Å². The topological polar surface area (TPSA) is 72.7 Å². The van der Waals surface area contributed by atoms with Gasteiger partial charge in [0, 0.05) is 36.3 Å². The molecule has 0 aromatic heterocycles. The van der Waals surface area contributed by atoms with Crippen LogP contribution in [0.2, 0.25) is 10.0 Å². The standard InChI is InChI=1S/C19H18Cl2N2O4/c20-15-6-3-13(4-7-15)11-22(12-16-2-1-9-27-16)19(24)14-5-8-17(21)18(10-14)23(25)26/h3-8,10,16H,1-2,9,11-12H2. The highest BCUT2D eigenvalue weighted by Crippen LogP contribution is 2.26. The molecule has 0 spiro atoms. The molecule has 0 N–H and O–H groups in total. The molecular formula is C19H18Cl2N2O4. The van der Waals surface area contributed by atoms with Gasteiger partial charge >= 0.3 is 0 Å². The summed E-state index contributed by atoms with van der Waals surface area (Å²) in [5.41, 5.74) is 0.846. The smallest absolute Gasteiger partial charge is 0.288 e. The van der Waals surface area contributed by atoms with Gasteiger partial charge in [-0.25, -0.2) is 0 Å².